The third-order valence-corrected chi connectivity index (χ3v) is 7.50. The quantitative estimate of drug-likeness (QED) is 0.169. The van der Waals surface area contributed by atoms with E-state index in [1.807, 2.05) is 98.1 Å². The number of carbonyl (C=O) groups excluding carboxylic acids is 4. The minimum Gasteiger partial charge on any atom is -0.445 e. The van der Waals surface area contributed by atoms with Gasteiger partial charge in [0.05, 0.1) is 6.61 Å². The Morgan fingerprint density at radius 2 is 1.59 bits per heavy atom. The number of aliphatic hydroxyl groups is 1. The van der Waals surface area contributed by atoms with Crippen LogP contribution in [-0.4, -0.2) is 54.0 Å². The second kappa shape index (κ2) is 17.6. The highest BCUT2D eigenvalue weighted by Gasteiger charge is 2.42. The van der Waals surface area contributed by atoms with Gasteiger partial charge >= 0.3 is 6.09 Å². The molecule has 0 aliphatic heterocycles. The van der Waals surface area contributed by atoms with Crippen molar-refractivity contribution in [3.8, 4) is 11.1 Å². The van der Waals surface area contributed by atoms with E-state index in [1.54, 1.807) is 0 Å². The monoisotopic (exact) mass is 600 g/mol. The first kappa shape index (κ1) is 34.0. The van der Waals surface area contributed by atoms with Crippen molar-refractivity contribution in [1.29, 1.82) is 0 Å². The molecule has 0 saturated carbocycles. The van der Waals surface area contributed by atoms with E-state index in [4.69, 9.17) is 4.74 Å². The minimum absolute atomic E-state index is 0.0435. The first-order valence-electron chi connectivity index (χ1n) is 15.0. The van der Waals surface area contributed by atoms with Gasteiger partial charge in [0.25, 0.3) is 0 Å². The van der Waals surface area contributed by atoms with Gasteiger partial charge in [0.15, 0.2) is 0 Å². The number of nitrogens with one attached hydrogen (secondary N) is 3. The van der Waals surface area contributed by atoms with Gasteiger partial charge in [-0.2, -0.15) is 0 Å². The van der Waals surface area contributed by atoms with Crippen molar-refractivity contribution in [3.63, 3.8) is 0 Å². The zero-order chi connectivity index (χ0) is 31.8. The fourth-order valence-corrected chi connectivity index (χ4v) is 4.94. The van der Waals surface area contributed by atoms with E-state index in [1.165, 1.54) is 6.92 Å². The number of benzene rings is 3. The summed E-state index contributed by atoms with van der Waals surface area (Å²) in [5.74, 6) is -1.79. The van der Waals surface area contributed by atoms with Crippen LogP contribution >= 0.6 is 0 Å². The van der Waals surface area contributed by atoms with Crippen LogP contribution in [0.25, 0.3) is 11.1 Å². The molecular weight excluding hydrogens is 558 g/mol. The molecule has 0 aliphatic rings. The molecule has 0 bridgehead atoms. The lowest BCUT2D eigenvalue weighted by Gasteiger charge is -2.36. The number of carbonyl (C=O) groups is 3. The molecule has 3 aromatic rings. The molecule has 0 aliphatic carbocycles. The Hall–Kier alpha value is -4.50. The van der Waals surface area contributed by atoms with Gasteiger partial charge in [-0.25, -0.2) is 4.79 Å². The molecule has 0 spiro atoms. The standard InChI is InChI=1S/C35H42N3O6/c1-3-4-7-20-32(41)38-35(25-40,21-29-18-12-13-19-31(29)28-16-10-6-11-17-28)30(23-39)22-36-33(42)26(2)37-34(43)44-24-27-14-8-5-9-15-27/h5-6,8-19,26,30,39H,3-4,7,20-24H2,1-2H3,(H,36,42)(H,37,43)(H,38,41)/t26-,30?,35-/m0/s1. The Bertz CT molecular complexity index is 1350. The summed E-state index contributed by atoms with van der Waals surface area (Å²) in [5, 5.41) is 18.6. The van der Waals surface area contributed by atoms with E-state index in [2.05, 4.69) is 16.0 Å². The van der Waals surface area contributed by atoms with Gasteiger partial charge in [-0.3, -0.25) is 14.4 Å². The molecule has 1 unspecified atom stereocenters. The molecule has 9 nitrogen and oxygen atoms in total. The number of aliphatic hydroxyl groups excluding tert-OH is 1. The van der Waals surface area contributed by atoms with Gasteiger partial charge in [0, 0.05) is 25.3 Å². The van der Waals surface area contributed by atoms with Crippen molar-refractivity contribution in [2.24, 2.45) is 5.92 Å². The third-order valence-electron chi connectivity index (χ3n) is 7.50. The van der Waals surface area contributed by atoms with Crippen LogP contribution in [0.2, 0.25) is 0 Å². The van der Waals surface area contributed by atoms with Crippen molar-refractivity contribution in [1.82, 2.24) is 16.0 Å². The second-order valence-corrected chi connectivity index (χ2v) is 10.8. The lowest BCUT2D eigenvalue weighted by Crippen LogP contribution is -2.61. The number of alkyl carbamates (subject to hydrolysis) is 1. The van der Waals surface area contributed by atoms with Gasteiger partial charge in [-0.05, 0) is 35.6 Å². The maximum absolute atomic E-state index is 13.1. The highest BCUT2D eigenvalue weighted by atomic mass is 16.5. The number of hydrogen-bond donors (Lipinski definition) is 4. The summed E-state index contributed by atoms with van der Waals surface area (Å²) in [6.07, 6.45) is 3.99. The van der Waals surface area contributed by atoms with Gasteiger partial charge in [0.2, 0.25) is 18.1 Å². The Labute approximate surface area is 259 Å². The molecule has 44 heavy (non-hydrogen) atoms. The third kappa shape index (κ3) is 10.1. The van der Waals surface area contributed by atoms with Gasteiger partial charge in [-0.1, -0.05) is 105 Å². The lowest BCUT2D eigenvalue weighted by molar-refractivity contribution is -0.123. The van der Waals surface area contributed by atoms with Crippen LogP contribution in [0.15, 0.2) is 84.9 Å². The molecule has 233 valence electrons. The zero-order valence-corrected chi connectivity index (χ0v) is 25.4. The maximum atomic E-state index is 13.1. The first-order valence-corrected chi connectivity index (χ1v) is 15.0. The number of unbranched alkanes of at least 4 members (excludes halogenated alkanes) is 2. The van der Waals surface area contributed by atoms with E-state index in [9.17, 15) is 24.3 Å². The summed E-state index contributed by atoms with van der Waals surface area (Å²) < 4.78 is 5.20. The SMILES string of the molecule is CCCCCC(=O)N[C@]([C]=O)(Cc1ccccc1-c1ccccc1)C(CO)CNC(=O)[C@H](C)NC(=O)OCc1ccccc1. The van der Waals surface area contributed by atoms with E-state index in [0.717, 1.165) is 35.1 Å². The molecule has 0 fully saturated rings. The smallest absolute Gasteiger partial charge is 0.408 e. The topological polar surface area (TPSA) is 134 Å². The average molecular weight is 601 g/mol. The van der Waals surface area contributed by atoms with Gasteiger partial charge in [0.1, 0.15) is 18.2 Å². The molecule has 3 atom stereocenters. The summed E-state index contributed by atoms with van der Waals surface area (Å²) in [4.78, 5) is 51.1. The van der Waals surface area contributed by atoms with Crippen LogP contribution in [0.5, 0.6) is 0 Å². The molecule has 0 saturated heterocycles. The molecule has 9 heteroatoms. The largest absolute Gasteiger partial charge is 0.445 e. The van der Waals surface area contributed by atoms with E-state index in [-0.39, 0.29) is 31.9 Å². The molecule has 0 heterocycles. The minimum atomic E-state index is -1.64. The highest BCUT2D eigenvalue weighted by molar-refractivity contribution is 5.86. The van der Waals surface area contributed by atoms with Crippen molar-refractivity contribution in [3.05, 3.63) is 96.1 Å². The lowest BCUT2D eigenvalue weighted by atomic mass is 9.78. The fourth-order valence-electron chi connectivity index (χ4n) is 4.94. The van der Waals surface area contributed by atoms with Crippen molar-refractivity contribution >= 4 is 24.2 Å². The van der Waals surface area contributed by atoms with Crippen LogP contribution in [-0.2, 0) is 32.1 Å². The zero-order valence-electron chi connectivity index (χ0n) is 25.4. The number of hydrogen-bond acceptors (Lipinski definition) is 6. The molecule has 3 aromatic carbocycles. The summed E-state index contributed by atoms with van der Waals surface area (Å²) in [7, 11) is 0. The Morgan fingerprint density at radius 1 is 0.932 bits per heavy atom. The van der Waals surface area contributed by atoms with Crippen molar-refractivity contribution < 1.29 is 29.0 Å². The Balaban J connectivity index is 1.76. The fraction of sp³-hybridized carbons (Fsp3) is 0.371. The summed E-state index contributed by atoms with van der Waals surface area (Å²) in [6.45, 7) is 2.91. The Kier molecular flexibility index (Phi) is 13.6. The Morgan fingerprint density at radius 3 is 2.25 bits per heavy atom. The maximum Gasteiger partial charge on any atom is 0.408 e. The average Bonchev–Trinajstić information content (AvgIpc) is 3.05. The van der Waals surface area contributed by atoms with Crippen LogP contribution in [0.3, 0.4) is 0 Å². The van der Waals surface area contributed by atoms with E-state index in [0.29, 0.717) is 6.42 Å². The highest BCUT2D eigenvalue weighted by Crippen LogP contribution is 2.29. The predicted octanol–water partition coefficient (Wildman–Crippen LogP) is 4.48. The van der Waals surface area contributed by atoms with Crippen molar-refractivity contribution in [2.45, 2.75) is 64.1 Å². The predicted molar refractivity (Wildman–Crippen MR) is 169 cm³/mol. The molecule has 4 N–H and O–H groups in total. The van der Waals surface area contributed by atoms with E-state index >= 15 is 0 Å². The summed E-state index contributed by atoms with van der Waals surface area (Å²) >= 11 is 0. The van der Waals surface area contributed by atoms with E-state index < -0.39 is 36.1 Å². The molecule has 0 aromatic heterocycles. The summed E-state index contributed by atoms with van der Waals surface area (Å²) in [5.41, 5.74) is 1.75. The molecule has 3 amide bonds. The normalized spacial score (nSPS) is 13.5. The number of rotatable bonds is 17. The summed E-state index contributed by atoms with van der Waals surface area (Å²) in [6, 6.07) is 25.4. The second-order valence-electron chi connectivity index (χ2n) is 10.8. The van der Waals surface area contributed by atoms with Crippen LogP contribution in [0.4, 0.5) is 4.79 Å². The molecule has 3 rings (SSSR count). The van der Waals surface area contributed by atoms with Crippen molar-refractivity contribution in [2.75, 3.05) is 13.2 Å². The number of amides is 3. The molecule has 1 radical (unpaired) electrons. The van der Waals surface area contributed by atoms with Crippen LogP contribution in [0.1, 0.15) is 50.7 Å². The van der Waals surface area contributed by atoms with Gasteiger partial charge < -0.3 is 25.8 Å². The first-order chi connectivity index (χ1) is 21.3. The number of ether oxygens (including phenoxy) is 1. The van der Waals surface area contributed by atoms with Crippen LogP contribution < -0.4 is 16.0 Å². The molecular formula is C35H42N3O6. The van der Waals surface area contributed by atoms with Crippen LogP contribution in [0, 0.1) is 5.92 Å². The van der Waals surface area contributed by atoms with Gasteiger partial charge in [-0.15, -0.1) is 0 Å².